The quantitative estimate of drug-likeness (QED) is 0.746. The van der Waals surface area contributed by atoms with E-state index in [1.807, 2.05) is 27.7 Å². The molecule has 0 aliphatic rings. The molecule has 0 heterocycles. The first-order chi connectivity index (χ1) is 6.49. The molecule has 0 saturated heterocycles. The van der Waals surface area contributed by atoms with Gasteiger partial charge in [-0.1, -0.05) is 29.8 Å². The molecule has 0 aliphatic carbocycles. The van der Waals surface area contributed by atoms with Crippen molar-refractivity contribution >= 4 is 21.8 Å². The molecule has 0 radical (unpaired) electrons. The third-order valence-electron chi connectivity index (χ3n) is 1.80. The minimum Gasteiger partial charge on any atom is -0.380 e. The number of alkyl halides is 1. The Bertz CT molecular complexity index is 174. The Morgan fingerprint density at radius 3 is 2.43 bits per heavy atom. The van der Waals surface area contributed by atoms with Crippen LogP contribution in [0.2, 0.25) is 0 Å². The summed E-state index contributed by atoms with van der Waals surface area (Å²) in [6.45, 7) is 9.14. The zero-order chi connectivity index (χ0) is 11.1. The van der Waals surface area contributed by atoms with Crippen molar-refractivity contribution in [3.63, 3.8) is 0 Å². The minimum absolute atomic E-state index is 0.0344. The molecule has 0 rings (SSSR count). The van der Waals surface area contributed by atoms with Gasteiger partial charge < -0.3 is 10.1 Å². The summed E-state index contributed by atoms with van der Waals surface area (Å²) in [5, 5.41) is 2.88. The van der Waals surface area contributed by atoms with Gasteiger partial charge in [0.1, 0.15) is 0 Å². The molecule has 0 aliphatic heterocycles. The molecule has 0 fully saturated rings. The first kappa shape index (κ1) is 13.9. The van der Waals surface area contributed by atoms with Crippen LogP contribution in [0, 0.1) is 5.92 Å². The first-order valence-corrected chi connectivity index (χ1v) is 5.92. The van der Waals surface area contributed by atoms with Crippen LogP contribution in [0.25, 0.3) is 0 Å². The highest BCUT2D eigenvalue weighted by molar-refractivity contribution is 9.10. The van der Waals surface area contributed by atoms with Gasteiger partial charge in [0.05, 0.1) is 11.4 Å². The summed E-state index contributed by atoms with van der Waals surface area (Å²) >= 11 is 3.35. The molecule has 3 nitrogen and oxygen atoms in total. The minimum atomic E-state index is -0.119. The molecular formula is C10H20BrNO2. The third kappa shape index (κ3) is 5.60. The van der Waals surface area contributed by atoms with Gasteiger partial charge in [0.2, 0.25) is 5.91 Å². The van der Waals surface area contributed by atoms with Crippen LogP contribution in [0.15, 0.2) is 0 Å². The van der Waals surface area contributed by atoms with Gasteiger partial charge in [-0.2, -0.15) is 0 Å². The Morgan fingerprint density at radius 2 is 2.00 bits per heavy atom. The predicted molar refractivity (Wildman–Crippen MR) is 61.7 cm³/mol. The van der Waals surface area contributed by atoms with Crippen molar-refractivity contribution in [3.05, 3.63) is 0 Å². The van der Waals surface area contributed by atoms with Crippen molar-refractivity contribution in [1.82, 2.24) is 5.32 Å². The number of hydrogen-bond donors (Lipinski definition) is 1. The Kier molecular flexibility index (Phi) is 7.19. The summed E-state index contributed by atoms with van der Waals surface area (Å²) < 4.78 is 5.21. The number of nitrogens with one attached hydrogen (secondary N) is 1. The zero-order valence-electron chi connectivity index (χ0n) is 9.34. The molecule has 0 aromatic heterocycles. The van der Waals surface area contributed by atoms with Gasteiger partial charge in [0.15, 0.2) is 0 Å². The molecule has 0 spiro atoms. The number of hydrogen-bond acceptors (Lipinski definition) is 2. The van der Waals surface area contributed by atoms with Gasteiger partial charge >= 0.3 is 0 Å². The molecule has 1 N–H and O–H groups in total. The molecule has 2 atom stereocenters. The second-order valence-electron chi connectivity index (χ2n) is 3.71. The van der Waals surface area contributed by atoms with E-state index < -0.39 is 0 Å². The summed E-state index contributed by atoms with van der Waals surface area (Å²) in [5.74, 6) is 0.335. The third-order valence-corrected chi connectivity index (χ3v) is 3.27. The van der Waals surface area contributed by atoms with Gasteiger partial charge in [-0.15, -0.1) is 0 Å². The normalized spacial score (nSPS) is 15.3. The Labute approximate surface area is 94.7 Å². The molecule has 0 aromatic carbocycles. The van der Waals surface area contributed by atoms with Crippen LogP contribution in [0.5, 0.6) is 0 Å². The van der Waals surface area contributed by atoms with Crippen molar-refractivity contribution in [1.29, 1.82) is 0 Å². The monoisotopic (exact) mass is 265 g/mol. The lowest BCUT2D eigenvalue weighted by molar-refractivity contribution is -0.122. The van der Waals surface area contributed by atoms with E-state index in [1.165, 1.54) is 0 Å². The summed E-state index contributed by atoms with van der Waals surface area (Å²) in [6, 6.07) is 0.0706. The largest absolute Gasteiger partial charge is 0.380 e. The van der Waals surface area contributed by atoms with Gasteiger partial charge in [-0.25, -0.2) is 0 Å². The van der Waals surface area contributed by atoms with Crippen LogP contribution in [-0.4, -0.2) is 30.0 Å². The number of amides is 1. The number of carbonyl (C=O) groups excluding carboxylic acids is 1. The maximum atomic E-state index is 11.5. The predicted octanol–water partition coefficient (Wildman–Crippen LogP) is 1.95. The molecular weight excluding hydrogens is 246 g/mol. The zero-order valence-corrected chi connectivity index (χ0v) is 10.9. The fraction of sp³-hybridized carbons (Fsp3) is 0.900. The van der Waals surface area contributed by atoms with Crippen molar-refractivity contribution in [2.75, 3.05) is 13.2 Å². The fourth-order valence-electron chi connectivity index (χ4n) is 0.962. The van der Waals surface area contributed by atoms with Gasteiger partial charge in [0, 0.05) is 12.6 Å². The average Bonchev–Trinajstić information content (AvgIpc) is 2.13. The molecule has 1 amide bonds. The van der Waals surface area contributed by atoms with E-state index in [1.54, 1.807) is 0 Å². The SMILES string of the molecule is CCOCC(C)NC(=O)C(Br)C(C)C. The number of carbonyl (C=O) groups is 1. The van der Waals surface area contributed by atoms with E-state index in [9.17, 15) is 4.79 Å². The average molecular weight is 266 g/mol. The summed E-state index contributed by atoms with van der Waals surface area (Å²) in [5.41, 5.74) is 0. The Balaban J connectivity index is 3.81. The smallest absolute Gasteiger partial charge is 0.234 e. The van der Waals surface area contributed by atoms with Crippen molar-refractivity contribution in [2.45, 2.75) is 38.6 Å². The molecule has 84 valence electrons. The highest BCUT2D eigenvalue weighted by Gasteiger charge is 2.19. The van der Waals surface area contributed by atoms with E-state index in [2.05, 4.69) is 21.2 Å². The van der Waals surface area contributed by atoms with Crippen LogP contribution in [0.1, 0.15) is 27.7 Å². The van der Waals surface area contributed by atoms with Crippen molar-refractivity contribution in [2.24, 2.45) is 5.92 Å². The standard InChI is InChI=1S/C10H20BrNO2/c1-5-14-6-8(4)12-10(13)9(11)7(2)3/h7-9H,5-6H2,1-4H3,(H,12,13). The van der Waals surface area contributed by atoms with Gasteiger partial charge in [-0.3, -0.25) is 4.79 Å². The molecule has 0 aromatic rings. The summed E-state index contributed by atoms with van der Waals surface area (Å²) in [4.78, 5) is 11.4. The number of ether oxygens (including phenoxy) is 1. The van der Waals surface area contributed by atoms with Crippen LogP contribution in [-0.2, 0) is 9.53 Å². The second-order valence-corrected chi connectivity index (χ2v) is 4.70. The molecule has 2 unspecified atom stereocenters. The Morgan fingerprint density at radius 1 is 1.43 bits per heavy atom. The maximum Gasteiger partial charge on any atom is 0.234 e. The number of rotatable bonds is 6. The second kappa shape index (κ2) is 7.23. The molecule has 4 heteroatoms. The topological polar surface area (TPSA) is 38.3 Å². The van der Waals surface area contributed by atoms with Crippen LogP contribution >= 0.6 is 15.9 Å². The fourth-order valence-corrected chi connectivity index (χ4v) is 1.09. The van der Waals surface area contributed by atoms with E-state index in [0.29, 0.717) is 19.1 Å². The molecule has 14 heavy (non-hydrogen) atoms. The molecule has 0 bridgehead atoms. The highest BCUT2D eigenvalue weighted by Crippen LogP contribution is 2.11. The lowest BCUT2D eigenvalue weighted by Crippen LogP contribution is -2.41. The van der Waals surface area contributed by atoms with Gasteiger partial charge in [0.25, 0.3) is 0 Å². The lowest BCUT2D eigenvalue weighted by Gasteiger charge is -2.18. The maximum absolute atomic E-state index is 11.5. The Hall–Kier alpha value is -0.0900. The van der Waals surface area contributed by atoms with Crippen LogP contribution in [0.4, 0.5) is 0 Å². The van der Waals surface area contributed by atoms with E-state index in [0.717, 1.165) is 0 Å². The van der Waals surface area contributed by atoms with E-state index in [4.69, 9.17) is 4.74 Å². The lowest BCUT2D eigenvalue weighted by atomic mass is 10.1. The highest BCUT2D eigenvalue weighted by atomic mass is 79.9. The van der Waals surface area contributed by atoms with Gasteiger partial charge in [-0.05, 0) is 19.8 Å². The van der Waals surface area contributed by atoms with Crippen molar-refractivity contribution < 1.29 is 9.53 Å². The van der Waals surface area contributed by atoms with Crippen LogP contribution in [0.3, 0.4) is 0 Å². The van der Waals surface area contributed by atoms with E-state index >= 15 is 0 Å². The summed E-state index contributed by atoms with van der Waals surface area (Å²) in [6.07, 6.45) is 0. The number of halogens is 1. The molecule has 0 saturated carbocycles. The first-order valence-electron chi connectivity index (χ1n) is 5.01. The van der Waals surface area contributed by atoms with E-state index in [-0.39, 0.29) is 16.8 Å². The van der Waals surface area contributed by atoms with Crippen LogP contribution < -0.4 is 5.32 Å². The van der Waals surface area contributed by atoms with Crippen molar-refractivity contribution in [3.8, 4) is 0 Å². The summed E-state index contributed by atoms with van der Waals surface area (Å²) in [7, 11) is 0.